The standard InChI is InChI=1S/C14H25NO4/c1-12(2,3)19-11(18)15-7-13(9-16)4-5-14(6-13,8-15)10-17/h16-17H,4-10H2,1-3H3. The topological polar surface area (TPSA) is 70.0 Å². The van der Waals surface area contributed by atoms with E-state index in [2.05, 4.69) is 0 Å². The first-order chi connectivity index (χ1) is 8.73. The molecule has 2 bridgehead atoms. The van der Waals surface area contributed by atoms with Gasteiger partial charge in [-0.15, -0.1) is 0 Å². The highest BCUT2D eigenvalue weighted by Crippen LogP contribution is 2.53. The van der Waals surface area contributed by atoms with E-state index in [0.717, 1.165) is 19.3 Å². The van der Waals surface area contributed by atoms with E-state index in [1.165, 1.54) is 0 Å². The number of rotatable bonds is 2. The maximum Gasteiger partial charge on any atom is 0.410 e. The van der Waals surface area contributed by atoms with Crippen LogP contribution < -0.4 is 0 Å². The summed E-state index contributed by atoms with van der Waals surface area (Å²) in [6.07, 6.45) is 2.18. The number of hydrogen-bond donors (Lipinski definition) is 2. The third-order valence-electron chi connectivity index (χ3n) is 4.31. The molecule has 0 spiro atoms. The van der Waals surface area contributed by atoms with Crippen molar-refractivity contribution >= 4 is 6.09 Å². The molecular weight excluding hydrogens is 246 g/mol. The predicted molar refractivity (Wildman–Crippen MR) is 70.7 cm³/mol. The minimum atomic E-state index is -0.521. The average molecular weight is 271 g/mol. The molecule has 2 fully saturated rings. The van der Waals surface area contributed by atoms with Crippen molar-refractivity contribution in [1.29, 1.82) is 0 Å². The number of aliphatic hydroxyl groups excluding tert-OH is 2. The van der Waals surface area contributed by atoms with Crippen molar-refractivity contribution in [2.75, 3.05) is 26.3 Å². The van der Waals surface area contributed by atoms with Gasteiger partial charge in [-0.3, -0.25) is 0 Å². The van der Waals surface area contributed by atoms with Crippen LogP contribution in [-0.2, 0) is 4.74 Å². The fraction of sp³-hybridized carbons (Fsp3) is 0.929. The second kappa shape index (κ2) is 4.63. The maximum absolute atomic E-state index is 12.2. The summed E-state index contributed by atoms with van der Waals surface area (Å²) < 4.78 is 5.40. The molecule has 1 heterocycles. The molecule has 0 aromatic carbocycles. The molecule has 1 aliphatic heterocycles. The predicted octanol–water partition coefficient (Wildman–Crippen LogP) is 1.38. The highest BCUT2D eigenvalue weighted by molar-refractivity contribution is 5.68. The lowest BCUT2D eigenvalue weighted by Gasteiger charge is -2.44. The van der Waals surface area contributed by atoms with Crippen molar-refractivity contribution in [1.82, 2.24) is 4.90 Å². The largest absolute Gasteiger partial charge is 0.444 e. The third kappa shape index (κ3) is 2.87. The smallest absolute Gasteiger partial charge is 0.410 e. The number of piperidine rings is 1. The lowest BCUT2D eigenvalue weighted by molar-refractivity contribution is -0.0338. The minimum Gasteiger partial charge on any atom is -0.444 e. The molecule has 2 rings (SSSR count). The van der Waals surface area contributed by atoms with Crippen LogP contribution >= 0.6 is 0 Å². The van der Waals surface area contributed by atoms with Gasteiger partial charge in [-0.1, -0.05) is 0 Å². The Morgan fingerprint density at radius 1 is 1.16 bits per heavy atom. The molecule has 0 aromatic rings. The zero-order chi connectivity index (χ0) is 14.3. The SMILES string of the molecule is CC(C)(C)OC(=O)N1CC2(CO)CCC(CO)(C1)C2. The zero-order valence-electron chi connectivity index (χ0n) is 12.1. The van der Waals surface area contributed by atoms with Gasteiger partial charge in [-0.2, -0.15) is 0 Å². The van der Waals surface area contributed by atoms with Crippen LogP contribution in [-0.4, -0.2) is 53.1 Å². The highest BCUT2D eigenvalue weighted by atomic mass is 16.6. The number of aliphatic hydroxyl groups is 2. The minimum absolute atomic E-state index is 0.0635. The Morgan fingerprint density at radius 3 is 2.00 bits per heavy atom. The molecule has 1 saturated carbocycles. The number of nitrogens with zero attached hydrogens (tertiary/aromatic N) is 1. The van der Waals surface area contributed by atoms with E-state index in [1.807, 2.05) is 20.8 Å². The summed E-state index contributed by atoms with van der Waals surface area (Å²) in [6, 6.07) is 0. The summed E-state index contributed by atoms with van der Waals surface area (Å²) in [5.41, 5.74) is -1.03. The van der Waals surface area contributed by atoms with Crippen LogP contribution in [0.4, 0.5) is 4.79 Å². The van der Waals surface area contributed by atoms with Crippen molar-refractivity contribution in [3.05, 3.63) is 0 Å². The Balaban J connectivity index is 2.13. The van der Waals surface area contributed by atoms with Gasteiger partial charge in [-0.25, -0.2) is 4.79 Å². The molecule has 2 aliphatic rings. The van der Waals surface area contributed by atoms with Gasteiger partial charge >= 0.3 is 6.09 Å². The van der Waals surface area contributed by atoms with Gasteiger partial charge in [0, 0.05) is 23.9 Å². The summed E-state index contributed by atoms with van der Waals surface area (Å²) in [5, 5.41) is 19.3. The van der Waals surface area contributed by atoms with E-state index < -0.39 is 5.60 Å². The lowest BCUT2D eigenvalue weighted by Crippen LogP contribution is -2.53. The van der Waals surface area contributed by atoms with E-state index in [1.54, 1.807) is 4.90 Å². The molecule has 110 valence electrons. The summed E-state index contributed by atoms with van der Waals surface area (Å²) in [7, 11) is 0. The molecule has 1 aliphatic carbocycles. The maximum atomic E-state index is 12.2. The average Bonchev–Trinajstić information content (AvgIpc) is 2.60. The number of hydrogen-bond acceptors (Lipinski definition) is 4. The quantitative estimate of drug-likeness (QED) is 0.796. The molecule has 0 radical (unpaired) electrons. The van der Waals surface area contributed by atoms with Gasteiger partial charge in [0.1, 0.15) is 5.60 Å². The van der Waals surface area contributed by atoms with E-state index in [4.69, 9.17) is 4.74 Å². The van der Waals surface area contributed by atoms with Crippen LogP contribution in [0.2, 0.25) is 0 Å². The number of carbonyl (C=O) groups is 1. The Morgan fingerprint density at radius 2 is 1.63 bits per heavy atom. The number of fused-ring (bicyclic) bond motifs is 2. The van der Waals surface area contributed by atoms with Crippen LogP contribution in [0.15, 0.2) is 0 Å². The fourth-order valence-electron chi connectivity index (χ4n) is 3.46. The number of carbonyl (C=O) groups excluding carboxylic acids is 1. The number of ether oxygens (including phenoxy) is 1. The van der Waals surface area contributed by atoms with E-state index in [0.29, 0.717) is 13.1 Å². The summed E-state index contributed by atoms with van der Waals surface area (Å²) in [6.45, 7) is 6.70. The van der Waals surface area contributed by atoms with Crippen molar-refractivity contribution < 1.29 is 19.7 Å². The van der Waals surface area contributed by atoms with Crippen molar-refractivity contribution in [3.63, 3.8) is 0 Å². The molecule has 0 aromatic heterocycles. The van der Waals surface area contributed by atoms with Crippen LogP contribution in [0.1, 0.15) is 40.0 Å². The Hall–Kier alpha value is -0.810. The van der Waals surface area contributed by atoms with E-state index in [-0.39, 0.29) is 30.1 Å². The van der Waals surface area contributed by atoms with Crippen molar-refractivity contribution in [2.45, 2.75) is 45.6 Å². The van der Waals surface area contributed by atoms with Crippen molar-refractivity contribution in [3.8, 4) is 0 Å². The van der Waals surface area contributed by atoms with Gasteiger partial charge in [0.15, 0.2) is 0 Å². The first-order valence-electron chi connectivity index (χ1n) is 6.93. The first-order valence-corrected chi connectivity index (χ1v) is 6.93. The Labute approximate surface area is 114 Å². The summed E-state index contributed by atoms with van der Waals surface area (Å²) in [5.74, 6) is 0. The third-order valence-corrected chi connectivity index (χ3v) is 4.31. The van der Waals surface area contributed by atoms with Crippen molar-refractivity contribution in [2.24, 2.45) is 10.8 Å². The molecule has 5 heteroatoms. The molecule has 19 heavy (non-hydrogen) atoms. The second-order valence-electron chi connectivity index (χ2n) is 7.33. The van der Waals surface area contributed by atoms with Crippen LogP contribution in [0.5, 0.6) is 0 Å². The zero-order valence-corrected chi connectivity index (χ0v) is 12.1. The van der Waals surface area contributed by atoms with Gasteiger partial charge < -0.3 is 19.8 Å². The van der Waals surface area contributed by atoms with Gasteiger partial charge in [-0.05, 0) is 40.0 Å². The molecular formula is C14H25NO4. The molecule has 1 amide bonds. The van der Waals surface area contributed by atoms with E-state index >= 15 is 0 Å². The lowest BCUT2D eigenvalue weighted by atomic mass is 9.76. The fourth-order valence-corrected chi connectivity index (χ4v) is 3.46. The molecule has 2 N–H and O–H groups in total. The Bertz CT molecular complexity index is 345. The Kier molecular flexibility index (Phi) is 3.56. The van der Waals surface area contributed by atoms with E-state index in [9.17, 15) is 15.0 Å². The molecule has 2 atom stereocenters. The van der Waals surface area contributed by atoms with Gasteiger partial charge in [0.25, 0.3) is 0 Å². The molecule has 1 saturated heterocycles. The van der Waals surface area contributed by atoms with Crippen LogP contribution in [0.25, 0.3) is 0 Å². The number of amides is 1. The molecule has 5 nitrogen and oxygen atoms in total. The van der Waals surface area contributed by atoms with Gasteiger partial charge in [0.05, 0.1) is 13.2 Å². The van der Waals surface area contributed by atoms with Crippen LogP contribution in [0.3, 0.4) is 0 Å². The monoisotopic (exact) mass is 271 g/mol. The normalized spacial score (nSPS) is 34.5. The summed E-state index contributed by atoms with van der Waals surface area (Å²) >= 11 is 0. The highest BCUT2D eigenvalue weighted by Gasteiger charge is 2.54. The van der Waals surface area contributed by atoms with Crippen LogP contribution in [0, 0.1) is 10.8 Å². The van der Waals surface area contributed by atoms with Gasteiger partial charge in [0.2, 0.25) is 0 Å². The second-order valence-corrected chi connectivity index (χ2v) is 7.33. The number of likely N-dealkylation sites (tertiary alicyclic amines) is 1. The first kappa shape index (κ1) is 14.6. The molecule has 2 unspecified atom stereocenters. The summed E-state index contributed by atoms with van der Waals surface area (Å²) in [4.78, 5) is 13.9.